The number of imide groups is 1. The average Bonchev–Trinajstić information content (AvgIpc) is 3.03. The summed E-state index contributed by atoms with van der Waals surface area (Å²) in [5.74, 6) is 0.799. The van der Waals surface area contributed by atoms with E-state index in [2.05, 4.69) is 26.1 Å². The molecule has 8 heteroatoms. The number of quaternary nitrogens is 1. The third kappa shape index (κ3) is 4.01. The maximum absolute atomic E-state index is 13.2. The second kappa shape index (κ2) is 7.03. The summed E-state index contributed by atoms with van der Waals surface area (Å²) in [4.78, 5) is 28.1. The number of rotatable bonds is 4. The molecule has 2 heterocycles. The predicted octanol–water partition coefficient (Wildman–Crippen LogP) is 0.563. The van der Waals surface area contributed by atoms with Crippen molar-refractivity contribution in [2.45, 2.75) is 71.4 Å². The van der Waals surface area contributed by atoms with Gasteiger partial charge in [0.2, 0.25) is 0 Å². The highest BCUT2D eigenvalue weighted by molar-refractivity contribution is 7.91. The highest BCUT2D eigenvalue weighted by Crippen LogP contribution is 2.43. The molecule has 2 saturated heterocycles. The Hall–Kier alpha value is -1.15. The second-order valence-corrected chi connectivity index (χ2v) is 11.9. The van der Waals surface area contributed by atoms with Gasteiger partial charge >= 0.3 is 6.03 Å². The zero-order chi connectivity index (χ0) is 20.0. The van der Waals surface area contributed by atoms with Crippen molar-refractivity contribution in [2.24, 2.45) is 11.3 Å². The molecule has 2 N–H and O–H groups in total. The summed E-state index contributed by atoms with van der Waals surface area (Å²) in [6.07, 6.45) is 3.86. The van der Waals surface area contributed by atoms with Crippen LogP contribution in [-0.2, 0) is 14.6 Å². The number of hydrogen-bond acceptors (Lipinski definition) is 4. The molecule has 3 fully saturated rings. The Morgan fingerprint density at radius 2 is 1.81 bits per heavy atom. The molecule has 27 heavy (non-hydrogen) atoms. The first-order chi connectivity index (χ1) is 12.5. The third-order valence-electron chi connectivity index (χ3n) is 6.93. The van der Waals surface area contributed by atoms with Gasteiger partial charge in [0.1, 0.15) is 17.3 Å². The Balaban J connectivity index is 1.68. The SMILES string of the molecule is CC[NH+](CN1C(=O)NC2(CCC(C(C)(C)C)CC2)C1=O)[C@H]1CCS(=O)(=O)C1. The predicted molar refractivity (Wildman–Crippen MR) is 103 cm³/mol. The summed E-state index contributed by atoms with van der Waals surface area (Å²) in [5.41, 5.74) is -0.538. The van der Waals surface area contributed by atoms with Crippen LogP contribution in [0.1, 0.15) is 59.8 Å². The van der Waals surface area contributed by atoms with E-state index in [1.165, 1.54) is 4.90 Å². The van der Waals surface area contributed by atoms with Crippen molar-refractivity contribution in [1.29, 1.82) is 0 Å². The molecular weight excluding hydrogens is 366 g/mol. The molecular formula is C19H34N3O4S+. The van der Waals surface area contributed by atoms with Crippen molar-refractivity contribution >= 4 is 21.8 Å². The monoisotopic (exact) mass is 400 g/mol. The molecule has 2 aliphatic heterocycles. The molecule has 0 bridgehead atoms. The fraction of sp³-hybridized carbons (Fsp3) is 0.895. The number of carbonyl (C=O) groups excluding carboxylic acids is 2. The van der Waals surface area contributed by atoms with Gasteiger partial charge in [0.05, 0.1) is 12.3 Å². The van der Waals surface area contributed by atoms with Crippen LogP contribution < -0.4 is 10.2 Å². The summed E-state index contributed by atoms with van der Waals surface area (Å²) in [5, 5.41) is 2.98. The van der Waals surface area contributed by atoms with Crippen molar-refractivity contribution in [3.05, 3.63) is 0 Å². The van der Waals surface area contributed by atoms with Crippen LogP contribution in [0.5, 0.6) is 0 Å². The summed E-state index contributed by atoms with van der Waals surface area (Å²) in [6.45, 7) is 9.62. The van der Waals surface area contributed by atoms with E-state index in [-0.39, 0.29) is 41.6 Å². The lowest BCUT2D eigenvalue weighted by Gasteiger charge is -2.40. The van der Waals surface area contributed by atoms with E-state index >= 15 is 0 Å². The Kier molecular flexibility index (Phi) is 5.36. The smallest absolute Gasteiger partial charge is 0.323 e. The molecule has 1 aliphatic carbocycles. The van der Waals surface area contributed by atoms with Gasteiger partial charge in [0, 0.05) is 6.42 Å². The lowest BCUT2D eigenvalue weighted by molar-refractivity contribution is -0.927. The van der Waals surface area contributed by atoms with Crippen molar-refractivity contribution < 1.29 is 22.9 Å². The molecule has 0 aromatic heterocycles. The largest absolute Gasteiger partial charge is 0.329 e. The average molecular weight is 401 g/mol. The van der Waals surface area contributed by atoms with Gasteiger partial charge in [-0.05, 0) is 43.9 Å². The van der Waals surface area contributed by atoms with Gasteiger partial charge in [-0.3, -0.25) is 4.79 Å². The molecule has 3 amide bonds. The molecule has 3 rings (SSSR count). The normalized spacial score (nSPS) is 34.9. The van der Waals surface area contributed by atoms with Crippen LogP contribution in [0.15, 0.2) is 0 Å². The molecule has 0 radical (unpaired) electrons. The fourth-order valence-corrected chi connectivity index (χ4v) is 6.81. The fourth-order valence-electron chi connectivity index (χ4n) is 4.98. The van der Waals surface area contributed by atoms with Crippen LogP contribution in [0.2, 0.25) is 0 Å². The number of sulfone groups is 1. The Morgan fingerprint density at radius 1 is 1.19 bits per heavy atom. The lowest BCUT2D eigenvalue weighted by Crippen LogP contribution is -3.17. The minimum Gasteiger partial charge on any atom is -0.323 e. The molecule has 3 aliphatic rings. The van der Waals surface area contributed by atoms with E-state index < -0.39 is 15.4 Å². The first-order valence-corrected chi connectivity index (χ1v) is 12.0. The quantitative estimate of drug-likeness (QED) is 0.675. The highest BCUT2D eigenvalue weighted by atomic mass is 32.2. The van der Waals surface area contributed by atoms with Gasteiger partial charge in [-0.15, -0.1) is 0 Å². The Morgan fingerprint density at radius 3 is 2.30 bits per heavy atom. The third-order valence-corrected chi connectivity index (χ3v) is 8.70. The summed E-state index contributed by atoms with van der Waals surface area (Å²) < 4.78 is 23.6. The number of urea groups is 1. The van der Waals surface area contributed by atoms with E-state index in [0.29, 0.717) is 31.7 Å². The molecule has 1 spiro atoms. The number of nitrogens with zero attached hydrogens (tertiary/aromatic N) is 1. The summed E-state index contributed by atoms with van der Waals surface area (Å²) in [7, 11) is -2.98. The van der Waals surface area contributed by atoms with Crippen molar-refractivity contribution in [3.8, 4) is 0 Å². The molecule has 0 aromatic carbocycles. The van der Waals surface area contributed by atoms with E-state index in [1.807, 2.05) is 6.92 Å². The molecule has 154 valence electrons. The minimum absolute atomic E-state index is 0.0335. The van der Waals surface area contributed by atoms with E-state index in [0.717, 1.165) is 17.7 Å². The maximum atomic E-state index is 13.2. The van der Waals surface area contributed by atoms with Crippen LogP contribution >= 0.6 is 0 Å². The van der Waals surface area contributed by atoms with Crippen molar-refractivity contribution in [2.75, 3.05) is 24.7 Å². The number of hydrogen-bond donors (Lipinski definition) is 2. The molecule has 7 nitrogen and oxygen atoms in total. The second-order valence-electron chi connectivity index (χ2n) is 9.66. The van der Waals surface area contributed by atoms with E-state index in [1.54, 1.807) is 0 Å². The van der Waals surface area contributed by atoms with E-state index in [9.17, 15) is 18.0 Å². The summed E-state index contributed by atoms with van der Waals surface area (Å²) in [6, 6.07) is -0.352. The molecule has 1 saturated carbocycles. The Labute approximate surface area is 162 Å². The molecule has 0 aromatic rings. The Bertz CT molecular complexity index is 705. The highest BCUT2D eigenvalue weighted by Gasteiger charge is 2.54. The first kappa shape index (κ1) is 20.6. The number of nitrogens with one attached hydrogen (secondary N) is 2. The molecule has 2 atom stereocenters. The first-order valence-electron chi connectivity index (χ1n) is 10.2. The maximum Gasteiger partial charge on any atom is 0.329 e. The van der Waals surface area contributed by atoms with Gasteiger partial charge < -0.3 is 10.2 Å². The van der Waals surface area contributed by atoms with Crippen molar-refractivity contribution in [3.63, 3.8) is 0 Å². The van der Waals surface area contributed by atoms with Gasteiger partial charge in [0.15, 0.2) is 16.5 Å². The van der Waals surface area contributed by atoms with Crippen LogP contribution in [0.4, 0.5) is 4.79 Å². The summed E-state index contributed by atoms with van der Waals surface area (Å²) >= 11 is 0. The topological polar surface area (TPSA) is 88.0 Å². The van der Waals surface area contributed by atoms with Crippen LogP contribution in [0.3, 0.4) is 0 Å². The van der Waals surface area contributed by atoms with E-state index in [4.69, 9.17) is 0 Å². The number of carbonyl (C=O) groups is 2. The van der Waals surface area contributed by atoms with Gasteiger partial charge in [-0.1, -0.05) is 20.8 Å². The zero-order valence-electron chi connectivity index (χ0n) is 17.0. The van der Waals surface area contributed by atoms with Gasteiger partial charge in [-0.2, -0.15) is 0 Å². The van der Waals surface area contributed by atoms with Crippen molar-refractivity contribution in [1.82, 2.24) is 10.2 Å². The molecule has 1 unspecified atom stereocenters. The zero-order valence-corrected chi connectivity index (χ0v) is 17.8. The van der Waals surface area contributed by atoms with Crippen LogP contribution in [0.25, 0.3) is 0 Å². The number of amides is 3. The minimum atomic E-state index is -2.98. The van der Waals surface area contributed by atoms with Gasteiger partial charge in [-0.25, -0.2) is 18.1 Å². The van der Waals surface area contributed by atoms with Gasteiger partial charge in [0.25, 0.3) is 5.91 Å². The van der Waals surface area contributed by atoms with Crippen LogP contribution in [-0.4, -0.2) is 61.6 Å². The van der Waals surface area contributed by atoms with Crippen LogP contribution in [0, 0.1) is 11.3 Å². The standard InChI is InChI=1S/C19H33N3O4S/c1-5-21(15-8-11-27(25,26)12-15)13-22-16(23)19(20-17(22)24)9-6-14(7-10-19)18(2,3)4/h14-15H,5-13H2,1-4H3,(H,20,24)/p+1/t14?,15-,19?/m0/s1. The lowest BCUT2D eigenvalue weighted by atomic mass is 9.67.